The maximum atomic E-state index is 11.6. The predicted molar refractivity (Wildman–Crippen MR) is 55.1 cm³/mol. The van der Waals surface area contributed by atoms with E-state index in [0.29, 0.717) is 5.82 Å². The van der Waals surface area contributed by atoms with Gasteiger partial charge in [0, 0.05) is 6.20 Å². The highest BCUT2D eigenvalue weighted by Crippen LogP contribution is 2.10. The first-order valence-electron chi connectivity index (χ1n) is 4.68. The monoisotopic (exact) mass is 209 g/mol. The third kappa shape index (κ3) is 3.63. The standard InChI is InChI=1S/C10H15N3O2/c1-10(2,3)15-9(14)7-4-5-12-8(6-11)13-7/h4-5H,6,11H2,1-3H3. The molecule has 0 amide bonds. The summed E-state index contributed by atoms with van der Waals surface area (Å²) < 4.78 is 5.15. The van der Waals surface area contributed by atoms with Gasteiger partial charge in [0.2, 0.25) is 0 Å². The Morgan fingerprint density at radius 2 is 2.20 bits per heavy atom. The lowest BCUT2D eigenvalue weighted by Crippen LogP contribution is -2.24. The van der Waals surface area contributed by atoms with Crippen LogP contribution in [-0.4, -0.2) is 21.5 Å². The van der Waals surface area contributed by atoms with Crippen molar-refractivity contribution in [2.45, 2.75) is 32.9 Å². The molecule has 15 heavy (non-hydrogen) atoms. The summed E-state index contributed by atoms with van der Waals surface area (Å²) in [7, 11) is 0. The minimum Gasteiger partial charge on any atom is -0.455 e. The van der Waals surface area contributed by atoms with Crippen molar-refractivity contribution in [3.63, 3.8) is 0 Å². The number of nitrogens with two attached hydrogens (primary N) is 1. The van der Waals surface area contributed by atoms with E-state index in [0.717, 1.165) is 0 Å². The summed E-state index contributed by atoms with van der Waals surface area (Å²) in [4.78, 5) is 19.4. The Bertz CT molecular complexity index is 358. The minimum absolute atomic E-state index is 0.205. The van der Waals surface area contributed by atoms with Crippen molar-refractivity contribution < 1.29 is 9.53 Å². The van der Waals surface area contributed by atoms with Crippen molar-refractivity contribution in [3.8, 4) is 0 Å². The van der Waals surface area contributed by atoms with Crippen LogP contribution in [0.25, 0.3) is 0 Å². The van der Waals surface area contributed by atoms with Crippen LogP contribution in [0.3, 0.4) is 0 Å². The zero-order valence-electron chi connectivity index (χ0n) is 9.15. The predicted octanol–water partition coefficient (Wildman–Crippen LogP) is 0.891. The van der Waals surface area contributed by atoms with E-state index in [9.17, 15) is 4.79 Å². The maximum Gasteiger partial charge on any atom is 0.357 e. The van der Waals surface area contributed by atoms with Crippen LogP contribution in [0.2, 0.25) is 0 Å². The van der Waals surface area contributed by atoms with E-state index in [1.165, 1.54) is 12.3 Å². The fourth-order valence-corrected chi connectivity index (χ4v) is 0.941. The fraction of sp³-hybridized carbons (Fsp3) is 0.500. The van der Waals surface area contributed by atoms with Crippen molar-refractivity contribution in [2.75, 3.05) is 0 Å². The number of carbonyl (C=O) groups is 1. The average Bonchev–Trinajstić information content (AvgIpc) is 2.15. The van der Waals surface area contributed by atoms with Crippen LogP contribution >= 0.6 is 0 Å². The fourth-order valence-electron chi connectivity index (χ4n) is 0.941. The third-order valence-electron chi connectivity index (χ3n) is 1.50. The van der Waals surface area contributed by atoms with Crippen molar-refractivity contribution in [1.82, 2.24) is 9.97 Å². The lowest BCUT2D eigenvalue weighted by Gasteiger charge is -2.19. The molecule has 1 aromatic rings. The summed E-state index contributed by atoms with van der Waals surface area (Å²) in [5, 5.41) is 0. The number of ether oxygens (including phenoxy) is 1. The molecule has 2 N–H and O–H groups in total. The molecule has 1 rings (SSSR count). The molecule has 0 saturated carbocycles. The zero-order valence-corrected chi connectivity index (χ0v) is 9.15. The Hall–Kier alpha value is -1.49. The number of esters is 1. The summed E-state index contributed by atoms with van der Waals surface area (Å²) in [5.41, 5.74) is 5.08. The van der Waals surface area contributed by atoms with Crippen LogP contribution in [0.1, 0.15) is 37.1 Å². The molecule has 0 spiro atoms. The van der Waals surface area contributed by atoms with Gasteiger partial charge in [-0.15, -0.1) is 0 Å². The number of nitrogens with zero attached hydrogens (tertiary/aromatic N) is 2. The average molecular weight is 209 g/mol. The van der Waals surface area contributed by atoms with Gasteiger partial charge in [0.1, 0.15) is 11.4 Å². The zero-order chi connectivity index (χ0) is 11.5. The van der Waals surface area contributed by atoms with Gasteiger partial charge in [0.05, 0.1) is 6.54 Å². The molecule has 1 aromatic heterocycles. The highest BCUT2D eigenvalue weighted by molar-refractivity contribution is 5.87. The molecule has 82 valence electrons. The second kappa shape index (κ2) is 4.35. The maximum absolute atomic E-state index is 11.6. The van der Waals surface area contributed by atoms with Gasteiger partial charge in [0.15, 0.2) is 5.69 Å². The van der Waals surface area contributed by atoms with Crippen molar-refractivity contribution >= 4 is 5.97 Å². The van der Waals surface area contributed by atoms with Crippen LogP contribution in [0, 0.1) is 0 Å². The normalized spacial score (nSPS) is 11.2. The van der Waals surface area contributed by atoms with Crippen LogP contribution < -0.4 is 5.73 Å². The quantitative estimate of drug-likeness (QED) is 0.732. The van der Waals surface area contributed by atoms with Crippen LogP contribution in [0.5, 0.6) is 0 Å². The third-order valence-corrected chi connectivity index (χ3v) is 1.50. The summed E-state index contributed by atoms with van der Waals surface area (Å²) in [6, 6.07) is 1.51. The molecule has 0 aliphatic rings. The molecule has 0 atom stereocenters. The Balaban J connectivity index is 2.82. The lowest BCUT2D eigenvalue weighted by molar-refractivity contribution is 0.00623. The Morgan fingerprint density at radius 1 is 1.53 bits per heavy atom. The Labute approximate surface area is 88.7 Å². The molecule has 0 saturated heterocycles. The molecular weight excluding hydrogens is 194 g/mol. The summed E-state index contributed by atoms with van der Waals surface area (Å²) in [6.07, 6.45) is 1.49. The van der Waals surface area contributed by atoms with Gasteiger partial charge in [0.25, 0.3) is 0 Å². The SMILES string of the molecule is CC(C)(C)OC(=O)c1ccnc(CN)n1. The van der Waals surface area contributed by atoms with Crippen LogP contribution in [0.4, 0.5) is 0 Å². The van der Waals surface area contributed by atoms with Gasteiger partial charge in [-0.2, -0.15) is 0 Å². The van der Waals surface area contributed by atoms with E-state index < -0.39 is 11.6 Å². The van der Waals surface area contributed by atoms with E-state index in [2.05, 4.69) is 9.97 Å². The molecule has 5 nitrogen and oxygen atoms in total. The number of rotatable bonds is 2. The van der Waals surface area contributed by atoms with Crippen molar-refractivity contribution in [3.05, 3.63) is 23.8 Å². The van der Waals surface area contributed by atoms with Crippen LogP contribution in [-0.2, 0) is 11.3 Å². The van der Waals surface area contributed by atoms with E-state index in [1.54, 1.807) is 20.8 Å². The van der Waals surface area contributed by atoms with Crippen molar-refractivity contribution in [1.29, 1.82) is 0 Å². The van der Waals surface area contributed by atoms with E-state index >= 15 is 0 Å². The minimum atomic E-state index is -0.523. The van der Waals surface area contributed by atoms with Gasteiger partial charge >= 0.3 is 5.97 Å². The summed E-state index contributed by atoms with van der Waals surface area (Å²) in [6.45, 7) is 5.61. The van der Waals surface area contributed by atoms with Gasteiger partial charge in [-0.3, -0.25) is 0 Å². The Morgan fingerprint density at radius 3 is 2.73 bits per heavy atom. The molecule has 0 radical (unpaired) electrons. The van der Waals surface area contributed by atoms with Crippen molar-refractivity contribution in [2.24, 2.45) is 5.73 Å². The van der Waals surface area contributed by atoms with Gasteiger partial charge < -0.3 is 10.5 Å². The Kier molecular flexibility index (Phi) is 3.36. The first-order valence-corrected chi connectivity index (χ1v) is 4.68. The topological polar surface area (TPSA) is 78.1 Å². The van der Waals surface area contributed by atoms with E-state index in [1.807, 2.05) is 0 Å². The second-order valence-electron chi connectivity index (χ2n) is 4.06. The molecule has 5 heteroatoms. The number of hydrogen-bond acceptors (Lipinski definition) is 5. The molecule has 0 unspecified atom stereocenters. The molecular formula is C10H15N3O2. The van der Waals surface area contributed by atoms with Gasteiger partial charge in [-0.25, -0.2) is 14.8 Å². The summed E-state index contributed by atoms with van der Waals surface area (Å²) in [5.74, 6) is -0.0297. The highest BCUT2D eigenvalue weighted by Gasteiger charge is 2.18. The number of hydrogen-bond donors (Lipinski definition) is 1. The second-order valence-corrected chi connectivity index (χ2v) is 4.06. The molecule has 0 fully saturated rings. The van der Waals surface area contributed by atoms with Gasteiger partial charge in [-0.1, -0.05) is 0 Å². The first-order chi connectivity index (χ1) is 6.92. The molecule has 1 heterocycles. The molecule has 0 bridgehead atoms. The van der Waals surface area contributed by atoms with E-state index in [-0.39, 0.29) is 12.2 Å². The first kappa shape index (κ1) is 11.6. The molecule has 0 aliphatic heterocycles. The number of aromatic nitrogens is 2. The van der Waals surface area contributed by atoms with Crippen LogP contribution in [0.15, 0.2) is 12.3 Å². The largest absolute Gasteiger partial charge is 0.455 e. The number of carbonyl (C=O) groups excluding carboxylic acids is 1. The lowest BCUT2D eigenvalue weighted by atomic mass is 10.2. The smallest absolute Gasteiger partial charge is 0.357 e. The molecule has 0 aliphatic carbocycles. The summed E-state index contributed by atoms with van der Waals surface area (Å²) >= 11 is 0. The van der Waals surface area contributed by atoms with Gasteiger partial charge in [-0.05, 0) is 26.8 Å². The van der Waals surface area contributed by atoms with E-state index in [4.69, 9.17) is 10.5 Å². The molecule has 0 aromatic carbocycles. The highest BCUT2D eigenvalue weighted by atomic mass is 16.6.